The average molecular weight is 320 g/mol. The summed E-state index contributed by atoms with van der Waals surface area (Å²) in [5.41, 5.74) is -0.0190. The van der Waals surface area contributed by atoms with E-state index < -0.39 is 0 Å². The van der Waals surface area contributed by atoms with Crippen LogP contribution in [0.2, 0.25) is 0 Å². The Kier molecular flexibility index (Phi) is 4.67. The maximum Gasteiger partial charge on any atom is 0.274 e. The first-order chi connectivity index (χ1) is 10.7. The monoisotopic (exact) mass is 319 g/mol. The largest absolute Gasteiger partial charge is 0.354 e. The van der Waals surface area contributed by atoms with E-state index in [-0.39, 0.29) is 5.56 Å². The molecular weight excluding hydrogens is 298 g/mol. The lowest BCUT2D eigenvalue weighted by atomic mass is 10.00. The van der Waals surface area contributed by atoms with Crippen LogP contribution < -0.4 is 10.5 Å². The van der Waals surface area contributed by atoms with Crippen LogP contribution in [-0.2, 0) is 6.54 Å². The highest BCUT2D eigenvalue weighted by atomic mass is 35.5. The van der Waals surface area contributed by atoms with Gasteiger partial charge in [-0.25, -0.2) is 4.68 Å². The number of halogens is 1. The standard InChI is InChI=1S/C17H22ClN3O/c1-13-6-4-10-20(12-13)16-14-7-2-3-8-15(14)17(22)21(19-16)11-5-9-18/h2-3,7-8,13H,4-6,9-12H2,1H3. The van der Waals surface area contributed by atoms with Crippen molar-refractivity contribution in [3.05, 3.63) is 34.6 Å². The van der Waals surface area contributed by atoms with Crippen LogP contribution in [0.4, 0.5) is 5.82 Å². The number of alkyl halides is 1. The fourth-order valence-electron chi connectivity index (χ4n) is 3.19. The summed E-state index contributed by atoms with van der Waals surface area (Å²) >= 11 is 5.78. The van der Waals surface area contributed by atoms with Crippen molar-refractivity contribution in [2.24, 2.45) is 5.92 Å². The van der Waals surface area contributed by atoms with Crippen molar-refractivity contribution in [3.63, 3.8) is 0 Å². The minimum Gasteiger partial charge on any atom is -0.354 e. The summed E-state index contributed by atoms with van der Waals surface area (Å²) in [6.45, 7) is 4.86. The van der Waals surface area contributed by atoms with Gasteiger partial charge < -0.3 is 4.90 Å². The third kappa shape index (κ3) is 2.98. The summed E-state index contributed by atoms with van der Waals surface area (Å²) in [7, 11) is 0. The van der Waals surface area contributed by atoms with E-state index in [0.29, 0.717) is 18.3 Å². The lowest BCUT2D eigenvalue weighted by molar-refractivity contribution is 0.441. The van der Waals surface area contributed by atoms with Crippen molar-refractivity contribution in [1.29, 1.82) is 0 Å². The molecule has 1 aromatic heterocycles. The van der Waals surface area contributed by atoms with Crippen LogP contribution in [0.1, 0.15) is 26.2 Å². The van der Waals surface area contributed by atoms with E-state index in [4.69, 9.17) is 11.6 Å². The molecule has 0 radical (unpaired) electrons. The molecule has 0 N–H and O–H groups in total. The second-order valence-corrected chi connectivity index (χ2v) is 6.51. The Morgan fingerprint density at radius 3 is 2.82 bits per heavy atom. The fraction of sp³-hybridized carbons (Fsp3) is 0.529. The number of rotatable bonds is 4. The minimum atomic E-state index is -0.0190. The van der Waals surface area contributed by atoms with Gasteiger partial charge in [-0.1, -0.05) is 25.1 Å². The van der Waals surface area contributed by atoms with Gasteiger partial charge in [0, 0.05) is 30.9 Å². The first-order valence-corrected chi connectivity index (χ1v) is 8.55. The van der Waals surface area contributed by atoms with Crippen molar-refractivity contribution in [2.75, 3.05) is 23.9 Å². The molecule has 4 nitrogen and oxygen atoms in total. The predicted molar refractivity (Wildman–Crippen MR) is 92.0 cm³/mol. The number of piperidine rings is 1. The van der Waals surface area contributed by atoms with Crippen LogP contribution in [0.5, 0.6) is 0 Å². The molecule has 1 aromatic carbocycles. The molecule has 0 saturated carbocycles. The summed E-state index contributed by atoms with van der Waals surface area (Å²) in [4.78, 5) is 14.9. The van der Waals surface area contributed by atoms with Crippen molar-refractivity contribution in [2.45, 2.75) is 32.7 Å². The summed E-state index contributed by atoms with van der Waals surface area (Å²) in [6.07, 6.45) is 3.20. The molecule has 2 heterocycles. The van der Waals surface area contributed by atoms with Gasteiger partial charge in [-0.05, 0) is 31.2 Å². The zero-order chi connectivity index (χ0) is 15.5. The quantitative estimate of drug-likeness (QED) is 0.812. The van der Waals surface area contributed by atoms with E-state index in [1.807, 2.05) is 24.3 Å². The number of nitrogens with zero attached hydrogens (tertiary/aromatic N) is 3. The first-order valence-electron chi connectivity index (χ1n) is 8.01. The predicted octanol–water partition coefficient (Wildman–Crippen LogP) is 3.26. The topological polar surface area (TPSA) is 38.1 Å². The smallest absolute Gasteiger partial charge is 0.274 e. The maximum atomic E-state index is 12.6. The summed E-state index contributed by atoms with van der Waals surface area (Å²) < 4.78 is 1.58. The first kappa shape index (κ1) is 15.3. The van der Waals surface area contributed by atoms with Crippen molar-refractivity contribution in [3.8, 4) is 0 Å². The number of anilines is 1. The molecule has 0 amide bonds. The average Bonchev–Trinajstić information content (AvgIpc) is 2.54. The Morgan fingerprint density at radius 1 is 1.32 bits per heavy atom. The van der Waals surface area contributed by atoms with Gasteiger partial charge in [-0.2, -0.15) is 5.10 Å². The van der Waals surface area contributed by atoms with E-state index >= 15 is 0 Å². The van der Waals surface area contributed by atoms with Gasteiger partial charge in [-0.15, -0.1) is 11.6 Å². The number of benzene rings is 1. The maximum absolute atomic E-state index is 12.6. The Bertz CT molecular complexity index is 713. The Hall–Kier alpha value is -1.55. The Morgan fingerprint density at radius 2 is 2.09 bits per heavy atom. The molecule has 1 aliphatic rings. The van der Waals surface area contributed by atoms with Gasteiger partial charge in [0.15, 0.2) is 5.82 Å². The Balaban J connectivity index is 2.10. The van der Waals surface area contributed by atoms with E-state index in [2.05, 4.69) is 16.9 Å². The molecule has 0 aliphatic carbocycles. The van der Waals surface area contributed by atoms with Crippen molar-refractivity contribution in [1.82, 2.24) is 9.78 Å². The molecule has 1 fully saturated rings. The molecule has 0 bridgehead atoms. The molecule has 3 rings (SSSR count). The van der Waals surface area contributed by atoms with Crippen LogP contribution in [-0.4, -0.2) is 28.8 Å². The molecule has 0 spiro atoms. The van der Waals surface area contributed by atoms with Crippen LogP contribution in [0.15, 0.2) is 29.1 Å². The normalized spacial score (nSPS) is 18.8. The molecule has 22 heavy (non-hydrogen) atoms. The highest BCUT2D eigenvalue weighted by molar-refractivity contribution is 6.17. The third-order valence-electron chi connectivity index (χ3n) is 4.31. The zero-order valence-corrected chi connectivity index (χ0v) is 13.7. The summed E-state index contributed by atoms with van der Waals surface area (Å²) in [5, 5.41) is 6.38. The zero-order valence-electron chi connectivity index (χ0n) is 13.0. The Labute approximate surface area is 135 Å². The van der Waals surface area contributed by atoms with E-state index in [1.54, 1.807) is 4.68 Å². The van der Waals surface area contributed by atoms with E-state index in [0.717, 1.165) is 36.1 Å². The SMILES string of the molecule is CC1CCCN(c2nn(CCCCl)c(=O)c3ccccc23)C1. The van der Waals surface area contributed by atoms with Crippen molar-refractivity contribution < 1.29 is 0 Å². The molecule has 2 aromatic rings. The van der Waals surface area contributed by atoms with E-state index in [9.17, 15) is 4.79 Å². The number of hydrogen-bond donors (Lipinski definition) is 0. The number of aromatic nitrogens is 2. The van der Waals surface area contributed by atoms with Gasteiger partial charge in [0.1, 0.15) is 0 Å². The summed E-state index contributed by atoms with van der Waals surface area (Å²) in [6, 6.07) is 7.79. The second-order valence-electron chi connectivity index (χ2n) is 6.13. The van der Waals surface area contributed by atoms with Gasteiger partial charge in [0.2, 0.25) is 0 Å². The van der Waals surface area contributed by atoms with Crippen LogP contribution >= 0.6 is 11.6 Å². The molecule has 5 heteroatoms. The lowest BCUT2D eigenvalue weighted by Crippen LogP contribution is -2.37. The third-order valence-corrected chi connectivity index (χ3v) is 4.58. The molecule has 1 aliphatic heterocycles. The van der Waals surface area contributed by atoms with Crippen LogP contribution in [0, 0.1) is 5.92 Å². The molecule has 1 saturated heterocycles. The molecule has 1 atom stereocenters. The van der Waals surface area contributed by atoms with Crippen LogP contribution in [0.3, 0.4) is 0 Å². The van der Waals surface area contributed by atoms with E-state index in [1.165, 1.54) is 12.8 Å². The lowest BCUT2D eigenvalue weighted by Gasteiger charge is -2.32. The van der Waals surface area contributed by atoms with Crippen LogP contribution in [0.25, 0.3) is 10.8 Å². The highest BCUT2D eigenvalue weighted by Gasteiger charge is 2.21. The number of hydrogen-bond acceptors (Lipinski definition) is 3. The second kappa shape index (κ2) is 6.69. The summed E-state index contributed by atoms with van der Waals surface area (Å²) in [5.74, 6) is 2.14. The molecular formula is C17H22ClN3O. The highest BCUT2D eigenvalue weighted by Crippen LogP contribution is 2.26. The van der Waals surface area contributed by atoms with Gasteiger partial charge >= 0.3 is 0 Å². The molecule has 118 valence electrons. The van der Waals surface area contributed by atoms with Crippen molar-refractivity contribution >= 4 is 28.2 Å². The van der Waals surface area contributed by atoms with Gasteiger partial charge in [-0.3, -0.25) is 4.79 Å². The van der Waals surface area contributed by atoms with Gasteiger partial charge in [0.25, 0.3) is 5.56 Å². The molecule has 1 unspecified atom stereocenters. The number of aryl methyl sites for hydroxylation is 1. The number of fused-ring (bicyclic) bond motifs is 1. The minimum absolute atomic E-state index is 0.0190. The fourth-order valence-corrected chi connectivity index (χ4v) is 3.31. The van der Waals surface area contributed by atoms with Gasteiger partial charge in [0.05, 0.1) is 5.39 Å².